The van der Waals surface area contributed by atoms with Gasteiger partial charge in [0, 0.05) is 36.3 Å². The zero-order valence-corrected chi connectivity index (χ0v) is 23.2. The number of hydroxylamine groups is 1. The van der Waals surface area contributed by atoms with Crippen molar-refractivity contribution < 1.29 is 37.3 Å². The molecule has 10 nitrogen and oxygen atoms in total. The van der Waals surface area contributed by atoms with Gasteiger partial charge in [-0.05, 0) is 73.8 Å². The summed E-state index contributed by atoms with van der Waals surface area (Å²) in [6.45, 7) is 2.21. The number of halogens is 3. The van der Waals surface area contributed by atoms with E-state index in [2.05, 4.69) is 21.0 Å². The summed E-state index contributed by atoms with van der Waals surface area (Å²) in [7, 11) is 1.53. The first-order valence-corrected chi connectivity index (χ1v) is 13.6. The van der Waals surface area contributed by atoms with E-state index in [0.717, 1.165) is 44.1 Å². The van der Waals surface area contributed by atoms with Crippen molar-refractivity contribution in [3.8, 4) is 23.0 Å². The smallest absolute Gasteiger partial charge is 0.439 e. The molecule has 226 valence electrons. The number of fused-ring (bicyclic) bond motifs is 1. The van der Waals surface area contributed by atoms with Crippen LogP contribution in [-0.2, 0) is 6.54 Å². The normalized spacial score (nSPS) is 14.3. The molecule has 0 saturated carbocycles. The quantitative estimate of drug-likeness (QED) is 0.198. The highest BCUT2D eigenvalue weighted by atomic mass is 19.1. The predicted octanol–water partition coefficient (Wildman–Crippen LogP) is 4.45. The Kier molecular flexibility index (Phi) is 9.45. The van der Waals surface area contributed by atoms with Crippen molar-refractivity contribution in [1.29, 1.82) is 0 Å². The van der Waals surface area contributed by atoms with E-state index in [4.69, 9.17) is 14.2 Å². The number of benzene rings is 3. The van der Waals surface area contributed by atoms with Crippen LogP contribution in [0.1, 0.15) is 18.4 Å². The molecule has 13 heteroatoms. The highest BCUT2D eigenvalue weighted by Crippen LogP contribution is 2.38. The number of ether oxygens (including phenoxy) is 3. The van der Waals surface area contributed by atoms with Crippen molar-refractivity contribution in [3.05, 3.63) is 89.0 Å². The Labute approximate surface area is 245 Å². The molecule has 2 amide bonds. The molecule has 1 atom stereocenters. The number of hydrogen-bond acceptors (Lipinski definition) is 8. The lowest BCUT2D eigenvalue weighted by Crippen LogP contribution is -3.14. The molecule has 1 aliphatic heterocycles. The number of quaternary nitrogens is 1. The third-order valence-corrected chi connectivity index (χ3v) is 6.91. The van der Waals surface area contributed by atoms with Gasteiger partial charge in [0.05, 0.1) is 24.9 Å². The van der Waals surface area contributed by atoms with Crippen molar-refractivity contribution in [2.24, 2.45) is 5.92 Å². The van der Waals surface area contributed by atoms with Crippen LogP contribution in [0.3, 0.4) is 0 Å². The van der Waals surface area contributed by atoms with Crippen LogP contribution in [0, 0.1) is 28.6 Å². The summed E-state index contributed by atoms with van der Waals surface area (Å²) in [6, 6.07) is 10.4. The SMILES string of the molecule is COc1cc2c(Oc3ccc(N[NH+]([O-])C(=O)NCc4cc(F)cc(F)c4)cc3F)ccnc2cc1OCC1CCNCC1. The maximum atomic E-state index is 15.0. The largest absolute Gasteiger partial charge is 0.599 e. The van der Waals surface area contributed by atoms with E-state index in [1.807, 2.05) is 0 Å². The zero-order chi connectivity index (χ0) is 30.3. The summed E-state index contributed by atoms with van der Waals surface area (Å²) in [5.41, 5.74) is 2.98. The van der Waals surface area contributed by atoms with Gasteiger partial charge in [-0.2, -0.15) is 5.17 Å². The van der Waals surface area contributed by atoms with E-state index in [0.29, 0.717) is 46.7 Å². The Morgan fingerprint density at radius 1 is 1.00 bits per heavy atom. The van der Waals surface area contributed by atoms with Gasteiger partial charge in [-0.3, -0.25) is 10.3 Å². The molecule has 0 aliphatic carbocycles. The summed E-state index contributed by atoms with van der Waals surface area (Å²) in [5.74, 6) is -0.757. The minimum atomic E-state index is -1.09. The fourth-order valence-electron chi connectivity index (χ4n) is 4.69. The number of nitrogens with one attached hydrogen (secondary N) is 4. The Morgan fingerprint density at radius 2 is 1.77 bits per heavy atom. The summed E-state index contributed by atoms with van der Waals surface area (Å²) in [6.07, 6.45) is 3.60. The molecule has 1 saturated heterocycles. The highest BCUT2D eigenvalue weighted by molar-refractivity contribution is 5.88. The predicted molar refractivity (Wildman–Crippen MR) is 152 cm³/mol. The van der Waals surface area contributed by atoms with Crippen LogP contribution >= 0.6 is 0 Å². The molecule has 1 aliphatic rings. The number of piperidine rings is 1. The summed E-state index contributed by atoms with van der Waals surface area (Å²) >= 11 is 0. The van der Waals surface area contributed by atoms with E-state index >= 15 is 4.39 Å². The van der Waals surface area contributed by atoms with Gasteiger partial charge in [0.15, 0.2) is 23.1 Å². The molecule has 0 bridgehead atoms. The molecular weight excluding hydrogens is 567 g/mol. The zero-order valence-electron chi connectivity index (χ0n) is 23.2. The van der Waals surface area contributed by atoms with Crippen LogP contribution in [-0.4, -0.2) is 37.8 Å². The first kappa shape index (κ1) is 29.9. The number of anilines is 1. The Balaban J connectivity index is 1.24. The Bertz CT molecular complexity index is 1580. The number of methoxy groups -OCH3 is 1. The van der Waals surface area contributed by atoms with E-state index in [9.17, 15) is 18.8 Å². The number of hydrogen-bond donors (Lipinski definition) is 4. The second kappa shape index (κ2) is 13.6. The van der Waals surface area contributed by atoms with E-state index in [1.54, 1.807) is 18.2 Å². The number of carbonyl (C=O) groups is 1. The minimum Gasteiger partial charge on any atom is -0.599 e. The third-order valence-electron chi connectivity index (χ3n) is 6.91. The van der Waals surface area contributed by atoms with Gasteiger partial charge in [-0.1, -0.05) is 0 Å². The van der Waals surface area contributed by atoms with Gasteiger partial charge in [0.2, 0.25) is 0 Å². The highest BCUT2D eigenvalue weighted by Gasteiger charge is 2.18. The van der Waals surface area contributed by atoms with Gasteiger partial charge in [-0.15, -0.1) is 0 Å². The Hall–Kier alpha value is -4.59. The van der Waals surface area contributed by atoms with Crippen molar-refractivity contribution in [3.63, 3.8) is 0 Å². The molecule has 1 aromatic heterocycles. The topological polar surface area (TPSA) is 121 Å². The minimum absolute atomic E-state index is 0.00130. The molecule has 4 N–H and O–H groups in total. The molecule has 5 rings (SSSR count). The first-order valence-electron chi connectivity index (χ1n) is 13.6. The maximum absolute atomic E-state index is 15.0. The van der Waals surface area contributed by atoms with Gasteiger partial charge >= 0.3 is 6.03 Å². The molecule has 1 fully saturated rings. The summed E-state index contributed by atoms with van der Waals surface area (Å²) in [5, 5.41) is 17.3. The second-order valence-electron chi connectivity index (χ2n) is 10.00. The molecule has 4 aromatic rings. The number of rotatable bonds is 10. The van der Waals surface area contributed by atoms with Crippen molar-refractivity contribution in [2.75, 3.05) is 32.2 Å². The van der Waals surface area contributed by atoms with E-state index < -0.39 is 28.7 Å². The van der Waals surface area contributed by atoms with Crippen molar-refractivity contribution in [1.82, 2.24) is 15.6 Å². The molecular formula is C30H30F3N5O5. The molecule has 43 heavy (non-hydrogen) atoms. The average Bonchev–Trinajstić information content (AvgIpc) is 2.99. The van der Waals surface area contributed by atoms with Crippen LogP contribution in [0.5, 0.6) is 23.0 Å². The summed E-state index contributed by atoms with van der Waals surface area (Å²) in [4.78, 5) is 16.6. The van der Waals surface area contributed by atoms with Crippen LogP contribution in [0.2, 0.25) is 0 Å². The molecule has 1 unspecified atom stereocenters. The number of carbonyl (C=O) groups excluding carboxylic acids is 1. The van der Waals surface area contributed by atoms with Gasteiger partial charge in [0.1, 0.15) is 17.4 Å². The van der Waals surface area contributed by atoms with Crippen LogP contribution in [0.15, 0.2) is 60.8 Å². The maximum Gasteiger partial charge on any atom is 0.439 e. The fourth-order valence-corrected chi connectivity index (χ4v) is 4.69. The van der Waals surface area contributed by atoms with Crippen molar-refractivity contribution >= 4 is 22.6 Å². The molecule has 0 spiro atoms. The average molecular weight is 598 g/mol. The lowest BCUT2D eigenvalue weighted by Gasteiger charge is -2.23. The lowest BCUT2D eigenvalue weighted by molar-refractivity contribution is -0.732. The molecule has 2 heterocycles. The standard InChI is InChI=1S/C30H30F3N5O5/c1-41-28-14-23-25(15-29(28)42-17-18-4-7-34-8-5-18)35-9-6-26(23)43-27-3-2-22(13-24(27)33)37-38(40)30(39)36-16-19-10-20(31)12-21(32)11-19/h2-3,6,9-15,18,34,37-38H,4-5,7-8,16-17H2,1H3,(H,36,39). The van der Waals surface area contributed by atoms with Crippen LogP contribution in [0.4, 0.5) is 23.7 Å². The van der Waals surface area contributed by atoms with Crippen molar-refractivity contribution in [2.45, 2.75) is 19.4 Å². The number of nitrogens with zero attached hydrogens (tertiary/aromatic N) is 1. The first-order chi connectivity index (χ1) is 20.8. The lowest BCUT2D eigenvalue weighted by atomic mass is 9.99. The summed E-state index contributed by atoms with van der Waals surface area (Å²) < 4.78 is 59.1. The number of pyridine rings is 1. The van der Waals surface area contributed by atoms with Gasteiger partial charge in [0.25, 0.3) is 0 Å². The Morgan fingerprint density at radius 3 is 2.49 bits per heavy atom. The monoisotopic (exact) mass is 597 g/mol. The third kappa shape index (κ3) is 7.63. The number of amides is 2. The van der Waals surface area contributed by atoms with Crippen LogP contribution < -0.4 is 35.4 Å². The number of aromatic nitrogens is 1. The number of urea groups is 1. The fraction of sp³-hybridized carbons (Fsp3) is 0.267. The van der Waals surface area contributed by atoms with Gasteiger partial charge < -0.3 is 24.7 Å². The second-order valence-corrected chi connectivity index (χ2v) is 10.00. The molecule has 0 radical (unpaired) electrons. The van der Waals surface area contributed by atoms with Gasteiger partial charge in [-0.25, -0.2) is 23.4 Å². The van der Waals surface area contributed by atoms with E-state index in [1.165, 1.54) is 25.4 Å². The van der Waals surface area contributed by atoms with E-state index in [-0.39, 0.29) is 23.5 Å². The molecule has 3 aromatic carbocycles. The van der Waals surface area contributed by atoms with Crippen LogP contribution in [0.25, 0.3) is 10.9 Å².